The maximum absolute atomic E-state index is 9.08. The molecule has 0 aromatic carbocycles. The van der Waals surface area contributed by atoms with E-state index in [2.05, 4.69) is 13.8 Å². The molecule has 1 saturated heterocycles. The molecule has 5 heteroatoms. The van der Waals surface area contributed by atoms with Gasteiger partial charge in [0.25, 0.3) is 0 Å². The molecule has 0 saturated carbocycles. The Hall–Kier alpha value is -0.130. The number of unbranched alkanes of at least 4 members (excludes halogenated alkanes) is 5. The number of likely N-dealkylation sites (tertiary alicyclic amines) is 1. The van der Waals surface area contributed by atoms with E-state index in [0.717, 1.165) is 0 Å². The van der Waals surface area contributed by atoms with Crippen molar-refractivity contribution < 1.29 is 17.5 Å². The van der Waals surface area contributed by atoms with E-state index in [0.29, 0.717) is 6.26 Å². The Morgan fingerprint density at radius 3 is 1.82 bits per heavy atom. The van der Waals surface area contributed by atoms with Crippen LogP contribution in [0.25, 0.3) is 0 Å². The zero-order chi connectivity index (χ0) is 16.9. The van der Waals surface area contributed by atoms with Gasteiger partial charge in [0, 0.05) is 6.26 Å². The Morgan fingerprint density at radius 2 is 1.32 bits per heavy atom. The third kappa shape index (κ3) is 13.5. The van der Waals surface area contributed by atoms with E-state index in [-0.39, 0.29) is 0 Å². The maximum atomic E-state index is 9.08. The molecule has 0 unspecified atom stereocenters. The average molecular weight is 336 g/mol. The smallest absolute Gasteiger partial charge is 0.0916 e. The molecule has 134 valence electrons. The van der Waals surface area contributed by atoms with Crippen LogP contribution in [-0.2, 0) is 10.1 Å². The van der Waals surface area contributed by atoms with Gasteiger partial charge >= 0.3 is 0 Å². The molecule has 4 nitrogen and oxygen atoms in total. The molecule has 1 rings (SSSR count). The fourth-order valence-corrected chi connectivity index (χ4v) is 3.44. The van der Waals surface area contributed by atoms with Crippen LogP contribution in [0.5, 0.6) is 0 Å². The van der Waals surface area contributed by atoms with E-state index >= 15 is 0 Å². The topological polar surface area (TPSA) is 57.2 Å². The molecule has 0 bridgehead atoms. The van der Waals surface area contributed by atoms with Gasteiger partial charge in [-0.25, -0.2) is 8.42 Å². The van der Waals surface area contributed by atoms with Crippen LogP contribution in [0.4, 0.5) is 0 Å². The van der Waals surface area contributed by atoms with Crippen LogP contribution in [-0.4, -0.2) is 49.9 Å². The lowest BCUT2D eigenvalue weighted by molar-refractivity contribution is -0.932. The SMILES string of the molecule is CCCCCCCC[N+]1(CCC)CCCCC1.CS(=O)(=O)[O-]. The van der Waals surface area contributed by atoms with Crippen LogP contribution in [0.2, 0.25) is 0 Å². The summed E-state index contributed by atoms with van der Waals surface area (Å²) in [6.07, 6.45) is 15.1. The number of hydrogen-bond donors (Lipinski definition) is 0. The highest BCUT2D eigenvalue weighted by Gasteiger charge is 2.27. The number of nitrogens with zero attached hydrogens (tertiary/aromatic N) is 1. The Bertz CT molecular complexity index is 335. The van der Waals surface area contributed by atoms with Crippen molar-refractivity contribution in [3.8, 4) is 0 Å². The summed E-state index contributed by atoms with van der Waals surface area (Å²) in [6, 6.07) is 0. The molecular weight excluding hydrogens is 298 g/mol. The summed E-state index contributed by atoms with van der Waals surface area (Å²) >= 11 is 0. The van der Waals surface area contributed by atoms with Gasteiger partial charge in [-0.2, -0.15) is 0 Å². The molecule has 0 aliphatic carbocycles. The van der Waals surface area contributed by atoms with Crippen LogP contribution in [0.15, 0.2) is 0 Å². The number of rotatable bonds is 9. The van der Waals surface area contributed by atoms with E-state index < -0.39 is 10.1 Å². The predicted molar refractivity (Wildman–Crippen MR) is 92.9 cm³/mol. The number of hydrogen-bond acceptors (Lipinski definition) is 3. The van der Waals surface area contributed by atoms with Crippen LogP contribution < -0.4 is 0 Å². The summed E-state index contributed by atoms with van der Waals surface area (Å²) in [5.74, 6) is 0. The van der Waals surface area contributed by atoms with Crippen LogP contribution in [0, 0.1) is 0 Å². The third-order valence-corrected chi connectivity index (χ3v) is 4.45. The van der Waals surface area contributed by atoms with Crippen LogP contribution in [0.1, 0.15) is 78.1 Å². The van der Waals surface area contributed by atoms with Gasteiger partial charge < -0.3 is 9.04 Å². The maximum Gasteiger partial charge on any atom is 0.0916 e. The van der Waals surface area contributed by atoms with Crippen molar-refractivity contribution in [1.82, 2.24) is 0 Å². The van der Waals surface area contributed by atoms with Crippen LogP contribution >= 0.6 is 0 Å². The highest BCUT2D eigenvalue weighted by molar-refractivity contribution is 7.84. The quantitative estimate of drug-likeness (QED) is 0.364. The highest BCUT2D eigenvalue weighted by Crippen LogP contribution is 2.21. The van der Waals surface area contributed by atoms with E-state index in [1.807, 2.05) is 0 Å². The molecule has 0 radical (unpaired) electrons. The van der Waals surface area contributed by atoms with Gasteiger partial charge in [-0.05, 0) is 38.5 Å². The summed E-state index contributed by atoms with van der Waals surface area (Å²) in [7, 11) is -3.92. The fraction of sp³-hybridized carbons (Fsp3) is 1.00. The van der Waals surface area contributed by atoms with Crippen molar-refractivity contribution in [3.63, 3.8) is 0 Å². The van der Waals surface area contributed by atoms with E-state index in [9.17, 15) is 0 Å². The van der Waals surface area contributed by atoms with Crippen LogP contribution in [0.3, 0.4) is 0 Å². The highest BCUT2D eigenvalue weighted by atomic mass is 32.2. The van der Waals surface area contributed by atoms with Gasteiger partial charge in [-0.1, -0.05) is 39.5 Å². The summed E-state index contributed by atoms with van der Waals surface area (Å²) in [6.45, 7) is 10.5. The van der Waals surface area contributed by atoms with Gasteiger partial charge in [0.15, 0.2) is 0 Å². The first-order chi connectivity index (χ1) is 10.3. The first-order valence-corrected chi connectivity index (χ1v) is 10.9. The fourth-order valence-electron chi connectivity index (χ4n) is 3.44. The molecule has 1 heterocycles. The van der Waals surface area contributed by atoms with E-state index in [1.54, 1.807) is 0 Å². The Morgan fingerprint density at radius 1 is 0.818 bits per heavy atom. The summed E-state index contributed by atoms with van der Waals surface area (Å²) in [4.78, 5) is 0. The lowest BCUT2D eigenvalue weighted by atomic mass is 10.0. The van der Waals surface area contributed by atoms with Crippen molar-refractivity contribution in [3.05, 3.63) is 0 Å². The lowest BCUT2D eigenvalue weighted by Gasteiger charge is -2.41. The van der Waals surface area contributed by atoms with Gasteiger partial charge in [-0.3, -0.25) is 0 Å². The number of piperidine rings is 1. The molecule has 1 fully saturated rings. The summed E-state index contributed by atoms with van der Waals surface area (Å²) in [5, 5.41) is 0. The lowest BCUT2D eigenvalue weighted by Crippen LogP contribution is -2.52. The van der Waals surface area contributed by atoms with Crippen molar-refractivity contribution in [2.75, 3.05) is 32.4 Å². The largest absolute Gasteiger partial charge is 0.748 e. The normalized spacial score (nSPS) is 17.6. The minimum absolute atomic E-state index is 0.604. The first kappa shape index (κ1) is 21.9. The molecule has 0 aromatic heterocycles. The van der Waals surface area contributed by atoms with E-state index in [1.165, 1.54) is 94.9 Å². The molecule has 1 aliphatic rings. The molecule has 0 N–H and O–H groups in total. The molecule has 0 aromatic rings. The molecule has 0 spiro atoms. The zero-order valence-electron chi connectivity index (χ0n) is 15.0. The molecule has 0 atom stereocenters. The van der Waals surface area contributed by atoms with Gasteiger partial charge in [0.05, 0.1) is 36.3 Å². The molecule has 1 aliphatic heterocycles. The van der Waals surface area contributed by atoms with Gasteiger partial charge in [0.1, 0.15) is 0 Å². The second kappa shape index (κ2) is 12.3. The predicted octanol–water partition coefficient (Wildman–Crippen LogP) is 3.92. The Balaban J connectivity index is 0.000000763. The Kier molecular flexibility index (Phi) is 12.2. The molecule has 0 amide bonds. The van der Waals surface area contributed by atoms with E-state index in [4.69, 9.17) is 13.0 Å². The first-order valence-electron chi connectivity index (χ1n) is 9.09. The molecular formula is C17H37NO3S. The standard InChI is InChI=1S/C16H34N.CH4O3S/c1-3-5-6-7-8-10-14-17(13-4-2)15-11-9-12-16-17;1-5(2,3)4/h3-16H2,1-2H3;1H3,(H,2,3,4)/q+1;/p-1. The summed E-state index contributed by atoms with van der Waals surface area (Å²) in [5.41, 5.74) is 0. The average Bonchev–Trinajstić information content (AvgIpc) is 2.42. The zero-order valence-corrected chi connectivity index (χ0v) is 15.8. The summed E-state index contributed by atoms with van der Waals surface area (Å²) < 4.78 is 28.7. The molecule has 22 heavy (non-hydrogen) atoms. The van der Waals surface area contributed by atoms with Crippen molar-refractivity contribution in [2.24, 2.45) is 0 Å². The number of quaternary nitrogens is 1. The Labute approximate surface area is 138 Å². The minimum Gasteiger partial charge on any atom is -0.748 e. The second-order valence-corrected chi connectivity index (χ2v) is 8.18. The second-order valence-electron chi connectivity index (χ2n) is 6.77. The monoisotopic (exact) mass is 335 g/mol. The third-order valence-electron chi connectivity index (χ3n) is 4.45. The van der Waals surface area contributed by atoms with Crippen molar-refractivity contribution >= 4 is 10.1 Å². The van der Waals surface area contributed by atoms with Crippen molar-refractivity contribution in [2.45, 2.75) is 78.1 Å². The van der Waals surface area contributed by atoms with Crippen molar-refractivity contribution in [1.29, 1.82) is 0 Å². The minimum atomic E-state index is -3.92. The van der Waals surface area contributed by atoms with Gasteiger partial charge in [0.2, 0.25) is 0 Å². The van der Waals surface area contributed by atoms with Gasteiger partial charge in [-0.15, -0.1) is 0 Å².